The van der Waals surface area contributed by atoms with Crippen molar-refractivity contribution in [1.29, 1.82) is 0 Å². The lowest BCUT2D eigenvalue weighted by Gasteiger charge is -2.32. The van der Waals surface area contributed by atoms with E-state index in [-0.39, 0.29) is 11.2 Å². The monoisotopic (exact) mass is 317 g/mol. The summed E-state index contributed by atoms with van der Waals surface area (Å²) in [5.74, 6) is 0.512. The van der Waals surface area contributed by atoms with Gasteiger partial charge in [0.1, 0.15) is 0 Å². The fourth-order valence-corrected chi connectivity index (χ4v) is 2.37. The largest absolute Gasteiger partial charge is 0.491 e. The summed E-state index contributed by atoms with van der Waals surface area (Å²) in [6, 6.07) is 7.32. The van der Waals surface area contributed by atoms with Gasteiger partial charge in [0.25, 0.3) is 0 Å². The first-order chi connectivity index (χ1) is 10.3. The summed E-state index contributed by atoms with van der Waals surface area (Å²) in [6.45, 7) is 8.07. The molecule has 0 unspecified atom stereocenters. The number of isocyanates is 1. The summed E-state index contributed by atoms with van der Waals surface area (Å²) in [7, 11) is -0.430. The van der Waals surface area contributed by atoms with Crippen molar-refractivity contribution in [2.45, 2.75) is 38.9 Å². The van der Waals surface area contributed by atoms with Gasteiger partial charge < -0.3 is 9.31 Å². The third kappa shape index (κ3) is 3.53. The minimum Gasteiger partial charge on any atom is -0.400 e. The van der Waals surface area contributed by atoms with Crippen molar-refractivity contribution in [2.75, 3.05) is 5.75 Å². The molecular formula is C16H20BNO3S. The summed E-state index contributed by atoms with van der Waals surface area (Å²) < 4.78 is 12.1. The highest BCUT2D eigenvalue weighted by atomic mass is 32.1. The Morgan fingerprint density at radius 2 is 1.95 bits per heavy atom. The lowest BCUT2D eigenvalue weighted by Crippen LogP contribution is -2.41. The molecule has 116 valence electrons. The van der Waals surface area contributed by atoms with E-state index >= 15 is 0 Å². The van der Waals surface area contributed by atoms with Gasteiger partial charge in [0.05, 0.1) is 16.9 Å². The number of nitrogens with zero attached hydrogens (tertiary/aromatic N) is 1. The second kappa shape index (κ2) is 6.43. The standard InChI is InChI=1S/C16H20BNO3S/c1-15(2)16(3,4)21-17(20-15)13(10-22)8-12-6-5-7-14(9-12)18-11-19/h5-9,22H,10H2,1-4H3. The van der Waals surface area contributed by atoms with Gasteiger partial charge in [-0.25, -0.2) is 4.79 Å². The summed E-state index contributed by atoms with van der Waals surface area (Å²) >= 11 is 4.39. The van der Waals surface area contributed by atoms with Crippen molar-refractivity contribution >= 4 is 37.6 Å². The number of thiol groups is 1. The highest BCUT2D eigenvalue weighted by Crippen LogP contribution is 2.39. The second-order valence-corrected chi connectivity index (χ2v) is 6.58. The lowest BCUT2D eigenvalue weighted by molar-refractivity contribution is 0.00578. The number of rotatable bonds is 4. The zero-order valence-electron chi connectivity index (χ0n) is 13.3. The van der Waals surface area contributed by atoms with E-state index in [2.05, 4.69) is 17.6 Å². The Morgan fingerprint density at radius 3 is 2.50 bits per heavy atom. The van der Waals surface area contributed by atoms with Crippen LogP contribution in [0.15, 0.2) is 34.7 Å². The van der Waals surface area contributed by atoms with Crippen LogP contribution in [0.4, 0.5) is 5.69 Å². The van der Waals surface area contributed by atoms with Gasteiger partial charge in [0.15, 0.2) is 0 Å². The Bertz CT molecular complexity index is 620. The average Bonchev–Trinajstić information content (AvgIpc) is 2.65. The molecule has 1 aromatic rings. The van der Waals surface area contributed by atoms with Gasteiger partial charge in [-0.3, -0.25) is 0 Å². The molecule has 0 spiro atoms. The molecule has 1 aromatic carbocycles. The van der Waals surface area contributed by atoms with Crippen molar-refractivity contribution in [2.24, 2.45) is 4.99 Å². The topological polar surface area (TPSA) is 47.9 Å². The van der Waals surface area contributed by atoms with Gasteiger partial charge in [0, 0.05) is 5.75 Å². The Labute approximate surface area is 137 Å². The molecule has 6 heteroatoms. The molecule has 1 aliphatic heterocycles. The van der Waals surface area contributed by atoms with E-state index in [1.165, 1.54) is 0 Å². The Kier molecular flexibility index (Phi) is 4.98. The molecule has 0 aliphatic carbocycles. The average molecular weight is 317 g/mol. The molecule has 0 bridgehead atoms. The molecule has 0 amide bonds. The molecule has 0 N–H and O–H groups in total. The van der Waals surface area contributed by atoms with E-state index in [1.807, 2.05) is 45.9 Å². The summed E-state index contributed by atoms with van der Waals surface area (Å²) in [5, 5.41) is 0. The first-order valence-corrected chi connectivity index (χ1v) is 7.77. The molecule has 2 rings (SSSR count). The highest BCUT2D eigenvalue weighted by Gasteiger charge is 2.52. The number of carbonyl (C=O) groups excluding carboxylic acids is 1. The maximum atomic E-state index is 10.4. The minimum absolute atomic E-state index is 0.386. The van der Waals surface area contributed by atoms with Crippen LogP contribution in [-0.4, -0.2) is 30.2 Å². The van der Waals surface area contributed by atoms with E-state index < -0.39 is 7.12 Å². The van der Waals surface area contributed by atoms with Gasteiger partial charge in [-0.2, -0.15) is 17.6 Å². The molecule has 4 nitrogen and oxygen atoms in total. The molecule has 1 heterocycles. The molecule has 0 radical (unpaired) electrons. The molecule has 22 heavy (non-hydrogen) atoms. The maximum absolute atomic E-state index is 10.4. The van der Waals surface area contributed by atoms with Crippen LogP contribution in [0.5, 0.6) is 0 Å². The normalized spacial score (nSPS) is 19.9. The van der Waals surface area contributed by atoms with E-state index in [0.29, 0.717) is 11.4 Å². The zero-order chi connectivity index (χ0) is 16.4. The number of hydrogen-bond acceptors (Lipinski definition) is 5. The first-order valence-electron chi connectivity index (χ1n) is 7.14. The van der Waals surface area contributed by atoms with Crippen LogP contribution in [0.1, 0.15) is 33.3 Å². The van der Waals surface area contributed by atoms with Crippen molar-refractivity contribution in [1.82, 2.24) is 0 Å². The fourth-order valence-electron chi connectivity index (χ4n) is 2.13. The zero-order valence-corrected chi connectivity index (χ0v) is 14.2. The van der Waals surface area contributed by atoms with Gasteiger partial charge in [0.2, 0.25) is 6.08 Å². The first kappa shape index (κ1) is 17.0. The van der Waals surface area contributed by atoms with Crippen molar-refractivity contribution in [3.8, 4) is 0 Å². The van der Waals surface area contributed by atoms with Gasteiger partial charge >= 0.3 is 7.12 Å². The van der Waals surface area contributed by atoms with Gasteiger partial charge in [-0.1, -0.05) is 18.2 Å². The van der Waals surface area contributed by atoms with Crippen LogP contribution in [-0.2, 0) is 14.1 Å². The van der Waals surface area contributed by atoms with Crippen LogP contribution >= 0.6 is 12.6 Å². The molecule has 0 saturated carbocycles. The number of benzene rings is 1. The molecule has 0 atom stereocenters. The van der Waals surface area contributed by atoms with Crippen LogP contribution < -0.4 is 0 Å². The third-order valence-electron chi connectivity index (χ3n) is 4.14. The Hall–Kier alpha value is -1.33. The van der Waals surface area contributed by atoms with E-state index in [9.17, 15) is 4.79 Å². The molecule has 1 saturated heterocycles. The lowest BCUT2D eigenvalue weighted by atomic mass is 9.78. The Balaban J connectivity index is 2.29. The number of aliphatic imine (C=N–C) groups is 1. The third-order valence-corrected chi connectivity index (χ3v) is 4.50. The molecular weight excluding hydrogens is 297 g/mol. The van der Waals surface area contributed by atoms with Crippen LogP contribution in [0, 0.1) is 0 Å². The number of hydrogen-bond donors (Lipinski definition) is 1. The summed E-state index contributed by atoms with van der Waals surface area (Å²) in [5.41, 5.74) is 1.63. The quantitative estimate of drug-likeness (QED) is 0.399. The molecule has 1 aliphatic rings. The smallest absolute Gasteiger partial charge is 0.400 e. The van der Waals surface area contributed by atoms with Crippen LogP contribution in [0.25, 0.3) is 6.08 Å². The fraction of sp³-hybridized carbons (Fsp3) is 0.438. The molecule has 0 aromatic heterocycles. The predicted octanol–water partition coefficient (Wildman–Crippen LogP) is 3.60. The predicted molar refractivity (Wildman–Crippen MR) is 92.1 cm³/mol. The van der Waals surface area contributed by atoms with E-state index in [0.717, 1.165) is 11.0 Å². The Morgan fingerprint density at radius 1 is 1.32 bits per heavy atom. The minimum atomic E-state index is -0.430. The maximum Gasteiger partial charge on any atom is 0.491 e. The summed E-state index contributed by atoms with van der Waals surface area (Å²) in [6.07, 6.45) is 3.50. The van der Waals surface area contributed by atoms with E-state index in [1.54, 1.807) is 18.2 Å². The van der Waals surface area contributed by atoms with Crippen LogP contribution in [0.3, 0.4) is 0 Å². The van der Waals surface area contributed by atoms with Gasteiger partial charge in [-0.15, -0.1) is 0 Å². The van der Waals surface area contributed by atoms with Crippen molar-refractivity contribution in [3.63, 3.8) is 0 Å². The van der Waals surface area contributed by atoms with Crippen molar-refractivity contribution < 1.29 is 14.1 Å². The van der Waals surface area contributed by atoms with E-state index in [4.69, 9.17) is 9.31 Å². The SMILES string of the molecule is CC1(C)OB(C(=Cc2cccc(N=C=O)c2)CS)OC1(C)C. The summed E-state index contributed by atoms with van der Waals surface area (Å²) in [4.78, 5) is 14.0. The van der Waals surface area contributed by atoms with Gasteiger partial charge in [-0.05, 0) is 50.9 Å². The second-order valence-electron chi connectivity index (χ2n) is 6.26. The van der Waals surface area contributed by atoms with Crippen LogP contribution in [0.2, 0.25) is 0 Å². The highest BCUT2D eigenvalue weighted by molar-refractivity contribution is 7.80. The van der Waals surface area contributed by atoms with Crippen molar-refractivity contribution in [3.05, 3.63) is 35.3 Å². The molecule has 1 fully saturated rings.